The smallest absolute Gasteiger partial charge is 0.331 e. The van der Waals surface area contributed by atoms with Crippen molar-refractivity contribution in [3.05, 3.63) is 60.2 Å². The Morgan fingerprint density at radius 2 is 1.55 bits per heavy atom. The van der Waals surface area contributed by atoms with Crippen molar-refractivity contribution in [3.8, 4) is 23.5 Å². The van der Waals surface area contributed by atoms with Crippen LogP contribution >= 0.6 is 0 Å². The van der Waals surface area contributed by atoms with Gasteiger partial charge in [0.15, 0.2) is 0 Å². The van der Waals surface area contributed by atoms with Gasteiger partial charge in [0.2, 0.25) is 0 Å². The maximum absolute atomic E-state index is 12.3. The summed E-state index contributed by atoms with van der Waals surface area (Å²) < 4.78 is 36.8. The van der Waals surface area contributed by atoms with Gasteiger partial charge in [0.05, 0.1) is 0 Å². The van der Waals surface area contributed by atoms with Crippen molar-refractivity contribution in [2.75, 3.05) is 0 Å². The fraction of sp³-hybridized carbons (Fsp3) is 0.118. The SMILES string of the molecule is C#CC(NC(=O)C(F)(F)F)c1ccc(-c2ccccc2)cc1. The highest BCUT2D eigenvalue weighted by Gasteiger charge is 2.39. The van der Waals surface area contributed by atoms with E-state index >= 15 is 0 Å². The van der Waals surface area contributed by atoms with E-state index in [0.29, 0.717) is 5.56 Å². The van der Waals surface area contributed by atoms with Crippen LogP contribution in [0.5, 0.6) is 0 Å². The van der Waals surface area contributed by atoms with E-state index in [1.807, 2.05) is 30.3 Å². The molecular formula is C17H12F3NO. The lowest BCUT2D eigenvalue weighted by Gasteiger charge is -2.15. The molecule has 1 unspecified atom stereocenters. The maximum Gasteiger partial charge on any atom is 0.471 e. The van der Waals surface area contributed by atoms with E-state index in [1.165, 1.54) is 0 Å². The molecule has 0 bridgehead atoms. The monoisotopic (exact) mass is 303 g/mol. The molecule has 1 amide bonds. The topological polar surface area (TPSA) is 29.1 Å². The molecule has 1 N–H and O–H groups in total. The summed E-state index contributed by atoms with van der Waals surface area (Å²) in [6.45, 7) is 0. The summed E-state index contributed by atoms with van der Waals surface area (Å²) in [5.41, 5.74) is 2.30. The highest BCUT2D eigenvalue weighted by molar-refractivity contribution is 5.82. The predicted molar refractivity (Wildman–Crippen MR) is 77.6 cm³/mol. The average molecular weight is 303 g/mol. The number of carbonyl (C=O) groups excluding carboxylic acids is 1. The minimum absolute atomic E-state index is 0.416. The van der Waals surface area contributed by atoms with Crippen LogP contribution in [0.15, 0.2) is 54.6 Å². The van der Waals surface area contributed by atoms with Crippen LogP contribution in [-0.4, -0.2) is 12.1 Å². The molecule has 0 spiro atoms. The molecule has 2 aromatic rings. The van der Waals surface area contributed by atoms with E-state index < -0.39 is 18.1 Å². The van der Waals surface area contributed by atoms with E-state index in [0.717, 1.165) is 11.1 Å². The second-order valence-corrected chi connectivity index (χ2v) is 4.56. The lowest BCUT2D eigenvalue weighted by atomic mass is 10.0. The average Bonchev–Trinajstić information content (AvgIpc) is 2.52. The van der Waals surface area contributed by atoms with Crippen molar-refractivity contribution < 1.29 is 18.0 Å². The molecule has 2 nitrogen and oxygen atoms in total. The van der Waals surface area contributed by atoms with Crippen molar-refractivity contribution in [3.63, 3.8) is 0 Å². The van der Waals surface area contributed by atoms with E-state index in [1.54, 1.807) is 29.6 Å². The Bertz CT molecular complexity index is 685. The van der Waals surface area contributed by atoms with E-state index in [9.17, 15) is 18.0 Å². The van der Waals surface area contributed by atoms with Crippen LogP contribution in [-0.2, 0) is 4.79 Å². The number of hydrogen-bond acceptors (Lipinski definition) is 1. The molecule has 0 saturated heterocycles. The van der Waals surface area contributed by atoms with Gasteiger partial charge in [0, 0.05) is 0 Å². The molecule has 0 aromatic heterocycles. The third-order valence-electron chi connectivity index (χ3n) is 3.05. The number of terminal acetylenes is 1. The molecular weight excluding hydrogens is 291 g/mol. The fourth-order valence-corrected chi connectivity index (χ4v) is 1.93. The Balaban J connectivity index is 2.18. The van der Waals surface area contributed by atoms with Crippen LogP contribution in [0.25, 0.3) is 11.1 Å². The van der Waals surface area contributed by atoms with Gasteiger partial charge in [-0.05, 0) is 16.7 Å². The van der Waals surface area contributed by atoms with Crippen LogP contribution in [0, 0.1) is 12.3 Å². The first-order valence-electron chi connectivity index (χ1n) is 6.41. The number of halogens is 3. The normalized spacial score (nSPS) is 12.3. The van der Waals surface area contributed by atoms with Crippen molar-refractivity contribution in [2.24, 2.45) is 0 Å². The van der Waals surface area contributed by atoms with Crippen LogP contribution in [0.3, 0.4) is 0 Å². The lowest BCUT2D eigenvalue weighted by molar-refractivity contribution is -0.174. The number of hydrogen-bond donors (Lipinski definition) is 1. The molecule has 112 valence electrons. The second-order valence-electron chi connectivity index (χ2n) is 4.56. The van der Waals surface area contributed by atoms with Crippen LogP contribution in [0.1, 0.15) is 11.6 Å². The summed E-state index contributed by atoms with van der Waals surface area (Å²) in [5, 5.41) is 1.78. The van der Waals surface area contributed by atoms with E-state index in [2.05, 4.69) is 5.92 Å². The third kappa shape index (κ3) is 3.67. The summed E-state index contributed by atoms with van der Waals surface area (Å²) in [5.74, 6) is 0.0955. The van der Waals surface area contributed by atoms with E-state index in [-0.39, 0.29) is 0 Å². The lowest BCUT2D eigenvalue weighted by Crippen LogP contribution is -2.38. The van der Waals surface area contributed by atoms with Gasteiger partial charge in [-0.2, -0.15) is 13.2 Å². The predicted octanol–water partition coefficient (Wildman–Crippen LogP) is 3.71. The van der Waals surface area contributed by atoms with Crippen molar-refractivity contribution in [1.29, 1.82) is 0 Å². The maximum atomic E-state index is 12.3. The quantitative estimate of drug-likeness (QED) is 0.861. The van der Waals surface area contributed by atoms with Gasteiger partial charge in [0.1, 0.15) is 6.04 Å². The van der Waals surface area contributed by atoms with E-state index in [4.69, 9.17) is 6.42 Å². The number of nitrogens with one attached hydrogen (secondary N) is 1. The van der Waals surface area contributed by atoms with Crippen LogP contribution < -0.4 is 5.32 Å². The minimum Gasteiger partial charge on any atom is -0.331 e. The molecule has 0 fully saturated rings. The molecule has 0 heterocycles. The molecule has 2 rings (SSSR count). The minimum atomic E-state index is -4.96. The second kappa shape index (κ2) is 6.35. The highest BCUT2D eigenvalue weighted by atomic mass is 19.4. The molecule has 0 radical (unpaired) electrons. The molecule has 0 saturated carbocycles. The highest BCUT2D eigenvalue weighted by Crippen LogP contribution is 2.23. The number of benzene rings is 2. The molecule has 1 atom stereocenters. The first-order valence-corrected chi connectivity index (χ1v) is 6.41. The molecule has 22 heavy (non-hydrogen) atoms. The van der Waals surface area contributed by atoms with Crippen LogP contribution in [0.2, 0.25) is 0 Å². The number of amides is 1. The zero-order valence-corrected chi connectivity index (χ0v) is 11.4. The zero-order chi connectivity index (χ0) is 16.2. The molecule has 0 aliphatic carbocycles. The van der Waals surface area contributed by atoms with Crippen molar-refractivity contribution in [2.45, 2.75) is 12.2 Å². The van der Waals surface area contributed by atoms with Gasteiger partial charge in [-0.1, -0.05) is 60.5 Å². The largest absolute Gasteiger partial charge is 0.471 e. The van der Waals surface area contributed by atoms with Gasteiger partial charge in [0.25, 0.3) is 0 Å². The Morgan fingerprint density at radius 1 is 1.00 bits per heavy atom. The van der Waals surface area contributed by atoms with Crippen LogP contribution in [0.4, 0.5) is 13.2 Å². The molecule has 0 aliphatic heterocycles. The summed E-state index contributed by atoms with van der Waals surface area (Å²) >= 11 is 0. The summed E-state index contributed by atoms with van der Waals surface area (Å²) in [6.07, 6.45) is 0.254. The Labute approximate surface area is 126 Å². The Kier molecular flexibility index (Phi) is 4.52. The van der Waals surface area contributed by atoms with Gasteiger partial charge in [-0.15, -0.1) is 6.42 Å². The number of alkyl halides is 3. The fourth-order valence-electron chi connectivity index (χ4n) is 1.93. The zero-order valence-electron chi connectivity index (χ0n) is 11.4. The third-order valence-corrected chi connectivity index (χ3v) is 3.05. The van der Waals surface area contributed by atoms with Gasteiger partial charge < -0.3 is 5.32 Å². The molecule has 5 heteroatoms. The Hall–Kier alpha value is -2.74. The first-order chi connectivity index (χ1) is 10.4. The summed E-state index contributed by atoms with van der Waals surface area (Å²) in [4.78, 5) is 11.0. The first kappa shape index (κ1) is 15.6. The van der Waals surface area contributed by atoms with Gasteiger partial charge in [-0.3, -0.25) is 4.79 Å². The van der Waals surface area contributed by atoms with Gasteiger partial charge in [-0.25, -0.2) is 0 Å². The number of rotatable bonds is 3. The van der Waals surface area contributed by atoms with Gasteiger partial charge >= 0.3 is 12.1 Å². The molecule has 0 aliphatic rings. The summed E-state index contributed by atoms with van der Waals surface area (Å²) in [6, 6.07) is 15.1. The standard InChI is InChI=1S/C17H12F3NO/c1-2-15(21-16(22)17(18,19)20)14-10-8-13(9-11-14)12-6-4-3-5-7-12/h1,3-11,15H,(H,21,22). The number of carbonyl (C=O) groups is 1. The Morgan fingerprint density at radius 3 is 2.05 bits per heavy atom. The summed E-state index contributed by atoms with van der Waals surface area (Å²) in [7, 11) is 0. The molecule has 2 aromatic carbocycles. The van der Waals surface area contributed by atoms with Crippen molar-refractivity contribution in [1.82, 2.24) is 5.32 Å². The van der Waals surface area contributed by atoms with Crippen molar-refractivity contribution >= 4 is 5.91 Å².